The van der Waals surface area contributed by atoms with Gasteiger partial charge in [-0.3, -0.25) is 14.5 Å². The van der Waals surface area contributed by atoms with E-state index in [9.17, 15) is 40.3 Å². The molecular formula is C36H34F7N7O2. The number of hydrogen-bond acceptors (Lipinski definition) is 7. The van der Waals surface area contributed by atoms with Crippen molar-refractivity contribution in [1.82, 2.24) is 25.1 Å². The first-order valence-corrected chi connectivity index (χ1v) is 16.9. The largest absolute Gasteiger partial charge is 0.416 e. The van der Waals surface area contributed by atoms with Crippen LogP contribution in [0.1, 0.15) is 85.8 Å². The summed E-state index contributed by atoms with van der Waals surface area (Å²) < 4.78 is 98.3. The van der Waals surface area contributed by atoms with Gasteiger partial charge in [-0.25, -0.2) is 4.39 Å². The molecule has 0 radical (unpaired) electrons. The fourth-order valence-electron chi connectivity index (χ4n) is 7.13. The molecule has 52 heavy (non-hydrogen) atoms. The minimum absolute atomic E-state index is 0.0131. The molecule has 0 N–H and O–H groups in total. The van der Waals surface area contributed by atoms with Crippen LogP contribution in [0.15, 0.2) is 54.6 Å². The van der Waals surface area contributed by atoms with Crippen molar-refractivity contribution in [2.24, 2.45) is 5.92 Å². The van der Waals surface area contributed by atoms with E-state index < -0.39 is 48.0 Å². The smallest absolute Gasteiger partial charge is 0.371 e. The predicted octanol–water partition coefficient (Wildman–Crippen LogP) is 7.54. The summed E-state index contributed by atoms with van der Waals surface area (Å²) in [6.07, 6.45) is -6.51. The normalized spacial score (nSPS) is 17.7. The molecule has 3 aromatic carbocycles. The Hall–Kier alpha value is -5.02. The lowest BCUT2D eigenvalue weighted by Crippen LogP contribution is -2.33. The van der Waals surface area contributed by atoms with Crippen molar-refractivity contribution in [2.75, 3.05) is 29.4 Å². The zero-order valence-corrected chi connectivity index (χ0v) is 28.0. The second-order valence-corrected chi connectivity index (χ2v) is 13.6. The van der Waals surface area contributed by atoms with Crippen LogP contribution in [0.3, 0.4) is 0 Å². The third-order valence-electron chi connectivity index (χ3n) is 9.82. The van der Waals surface area contributed by atoms with Gasteiger partial charge in [-0.2, -0.15) is 31.1 Å². The van der Waals surface area contributed by atoms with Crippen molar-refractivity contribution in [3.05, 3.63) is 99.1 Å². The second-order valence-electron chi connectivity index (χ2n) is 13.6. The van der Waals surface area contributed by atoms with Crippen molar-refractivity contribution < 1.29 is 40.3 Å². The maximum absolute atomic E-state index is 14.2. The molecule has 4 aromatic rings. The van der Waals surface area contributed by atoms with E-state index in [1.807, 2.05) is 4.90 Å². The Labute approximate surface area is 294 Å². The van der Waals surface area contributed by atoms with Crippen LogP contribution in [0.2, 0.25) is 0 Å². The molecule has 1 atom stereocenters. The molecule has 3 heterocycles. The van der Waals surface area contributed by atoms with Crippen LogP contribution in [0.25, 0.3) is 0 Å². The molecule has 0 unspecified atom stereocenters. The van der Waals surface area contributed by atoms with Crippen LogP contribution in [0.4, 0.5) is 42.4 Å². The summed E-state index contributed by atoms with van der Waals surface area (Å²) in [4.78, 5) is 31.6. The van der Waals surface area contributed by atoms with E-state index in [-0.39, 0.29) is 53.4 Å². The Balaban J connectivity index is 1.27. The van der Waals surface area contributed by atoms with Crippen molar-refractivity contribution in [2.45, 2.75) is 70.8 Å². The van der Waals surface area contributed by atoms with Gasteiger partial charge in [-0.05, 0) is 96.3 Å². The van der Waals surface area contributed by atoms with E-state index >= 15 is 0 Å². The fourth-order valence-corrected chi connectivity index (χ4v) is 7.13. The number of aromatic nitrogens is 4. The second kappa shape index (κ2) is 13.5. The summed E-state index contributed by atoms with van der Waals surface area (Å²) >= 11 is 0. The number of amides is 2. The van der Waals surface area contributed by atoms with Gasteiger partial charge in [-0.15, -0.1) is 5.10 Å². The van der Waals surface area contributed by atoms with Crippen molar-refractivity contribution in [3.63, 3.8) is 0 Å². The number of nitrogens with zero attached hydrogens (tertiary/aromatic N) is 7. The van der Waals surface area contributed by atoms with Gasteiger partial charge in [0.15, 0.2) is 0 Å². The third-order valence-corrected chi connectivity index (χ3v) is 9.82. The number of imide groups is 1. The molecular weight excluding hydrogens is 695 g/mol. The first-order chi connectivity index (χ1) is 24.7. The summed E-state index contributed by atoms with van der Waals surface area (Å²) in [5.41, 5.74) is -0.482. The highest BCUT2D eigenvalue weighted by molar-refractivity contribution is 6.21. The van der Waals surface area contributed by atoms with Crippen molar-refractivity contribution >= 4 is 23.5 Å². The zero-order chi connectivity index (χ0) is 36.9. The lowest BCUT2D eigenvalue weighted by Gasteiger charge is -2.33. The molecule has 7 rings (SSSR count). The van der Waals surface area contributed by atoms with Gasteiger partial charge in [0.2, 0.25) is 0 Å². The summed E-state index contributed by atoms with van der Waals surface area (Å²) in [6, 6.07) is 11.3. The molecule has 2 amide bonds. The molecule has 9 nitrogen and oxygen atoms in total. The molecule has 1 fully saturated rings. The van der Waals surface area contributed by atoms with Gasteiger partial charge in [0, 0.05) is 25.3 Å². The monoisotopic (exact) mass is 729 g/mol. The molecule has 16 heteroatoms. The van der Waals surface area contributed by atoms with Gasteiger partial charge in [-0.1, -0.05) is 29.4 Å². The van der Waals surface area contributed by atoms with Crippen molar-refractivity contribution in [1.29, 1.82) is 0 Å². The molecule has 0 spiro atoms. The van der Waals surface area contributed by atoms with Crippen LogP contribution in [0.5, 0.6) is 0 Å². The molecule has 0 bridgehead atoms. The number of hydrogen-bond donors (Lipinski definition) is 0. The number of rotatable bonds is 10. The Kier molecular flexibility index (Phi) is 9.19. The number of anilines is 2. The van der Waals surface area contributed by atoms with E-state index in [1.54, 1.807) is 29.2 Å². The van der Waals surface area contributed by atoms with Gasteiger partial charge in [0.1, 0.15) is 6.67 Å². The highest BCUT2D eigenvalue weighted by atomic mass is 19.4. The van der Waals surface area contributed by atoms with Crippen molar-refractivity contribution in [3.8, 4) is 0 Å². The van der Waals surface area contributed by atoms with Gasteiger partial charge in [0.05, 0.1) is 41.4 Å². The SMILES string of the molecule is Cc1cc2c(cc1C(F)(F)F)N(CC1CC1)CCC[C@@H]2N(Cc1cc(CF)cc(C(F)(F)F)c1)c1nnn(CCN2C(=O)c3ccccc3C2=O)n1. The molecule has 1 aliphatic carbocycles. The van der Waals surface area contributed by atoms with E-state index in [4.69, 9.17) is 0 Å². The summed E-state index contributed by atoms with van der Waals surface area (Å²) in [7, 11) is 0. The van der Waals surface area contributed by atoms with Crippen LogP contribution in [-0.4, -0.2) is 56.6 Å². The topological polar surface area (TPSA) is 87.5 Å². The third kappa shape index (κ3) is 7.06. The van der Waals surface area contributed by atoms with Crippen LogP contribution >= 0.6 is 0 Å². The molecule has 0 saturated heterocycles. The summed E-state index contributed by atoms with van der Waals surface area (Å²) in [5.74, 6) is -0.639. The fraction of sp³-hybridized carbons (Fsp3) is 0.417. The number of tetrazole rings is 1. The minimum atomic E-state index is -4.76. The Morgan fingerprint density at radius 3 is 2.19 bits per heavy atom. The number of benzene rings is 3. The highest BCUT2D eigenvalue weighted by Gasteiger charge is 2.39. The Bertz CT molecular complexity index is 1970. The molecule has 1 saturated carbocycles. The maximum atomic E-state index is 14.2. The molecule has 2 aliphatic heterocycles. The lowest BCUT2D eigenvalue weighted by molar-refractivity contribution is -0.138. The van der Waals surface area contributed by atoms with E-state index in [1.165, 1.54) is 19.1 Å². The first kappa shape index (κ1) is 35.4. The highest BCUT2D eigenvalue weighted by Crippen LogP contribution is 2.45. The van der Waals surface area contributed by atoms with E-state index in [0.29, 0.717) is 43.1 Å². The zero-order valence-electron chi connectivity index (χ0n) is 28.0. The number of fused-ring (bicyclic) bond motifs is 2. The molecule has 274 valence electrons. The average molecular weight is 730 g/mol. The number of carbonyl (C=O) groups excluding carboxylic acids is 2. The first-order valence-electron chi connectivity index (χ1n) is 16.9. The van der Waals surface area contributed by atoms with E-state index in [0.717, 1.165) is 40.7 Å². The predicted molar refractivity (Wildman–Crippen MR) is 175 cm³/mol. The standard InChI is InChI=1S/C36H34F7N7O2/c1-21-13-28-30(7-4-10-47(19-22-8-9-22)31(28)17-29(21)36(41,42)43)49(20-24-14-23(18-37)15-25(16-24)35(38,39)40)34-44-46-50(45-34)12-11-48-32(51)26-5-2-3-6-27(26)33(48)52/h2-3,5-6,13-17,22,30H,4,7-12,18-20H2,1H3/t30-/m0/s1. The molecule has 3 aliphatic rings. The van der Waals surface area contributed by atoms with Crippen LogP contribution in [-0.2, 0) is 32.1 Å². The quantitative estimate of drug-likeness (QED) is 0.123. The maximum Gasteiger partial charge on any atom is 0.416 e. The lowest BCUT2D eigenvalue weighted by atomic mass is 9.94. The van der Waals surface area contributed by atoms with Gasteiger partial charge in [0.25, 0.3) is 17.8 Å². The Morgan fingerprint density at radius 2 is 1.56 bits per heavy atom. The molecule has 1 aromatic heterocycles. The van der Waals surface area contributed by atoms with Crippen LogP contribution < -0.4 is 9.80 Å². The Morgan fingerprint density at radius 1 is 0.865 bits per heavy atom. The average Bonchev–Trinajstić information content (AvgIpc) is 3.78. The van der Waals surface area contributed by atoms with Gasteiger partial charge >= 0.3 is 12.4 Å². The summed E-state index contributed by atoms with van der Waals surface area (Å²) in [6.45, 7) is 0.835. The number of halogens is 7. The van der Waals surface area contributed by atoms with Crippen LogP contribution in [0, 0.1) is 12.8 Å². The minimum Gasteiger partial charge on any atom is -0.371 e. The van der Waals surface area contributed by atoms with E-state index in [2.05, 4.69) is 15.4 Å². The van der Waals surface area contributed by atoms with Gasteiger partial charge < -0.3 is 9.80 Å². The number of carbonyl (C=O) groups is 2. The number of alkyl halides is 7. The number of aryl methyl sites for hydroxylation is 1. The summed E-state index contributed by atoms with van der Waals surface area (Å²) in [5, 5.41) is 12.8.